The molecule has 0 saturated carbocycles. The van der Waals surface area contributed by atoms with Crippen LogP contribution in [0.5, 0.6) is 0 Å². The molecule has 0 fully saturated rings. The fourth-order valence-corrected chi connectivity index (χ4v) is 3.00. The highest BCUT2D eigenvalue weighted by atomic mass is 15.0. The summed E-state index contributed by atoms with van der Waals surface area (Å²) in [4.78, 5) is 0. The molecule has 2 aromatic rings. The first-order chi connectivity index (χ1) is 9.43. The molecule has 4 rings (SSSR count). The number of benzene rings is 2. The Labute approximate surface area is 114 Å². The molecule has 2 atom stereocenters. The van der Waals surface area contributed by atoms with E-state index in [4.69, 9.17) is 0 Å². The molecular weight excluding hydrogens is 232 g/mol. The third-order valence-electron chi connectivity index (χ3n) is 3.80. The summed E-state index contributed by atoms with van der Waals surface area (Å²) in [5.41, 5.74) is 9.96. The quantitative estimate of drug-likeness (QED) is 0.750. The number of hydrogen-bond donors (Lipinski definition) is 2. The third kappa shape index (κ3) is 1.85. The Morgan fingerprint density at radius 3 is 2.42 bits per heavy atom. The zero-order valence-electron chi connectivity index (χ0n) is 11.0. The van der Waals surface area contributed by atoms with Crippen LogP contribution in [0.4, 0.5) is 5.69 Å². The van der Waals surface area contributed by atoms with Gasteiger partial charge in [-0.1, -0.05) is 54.6 Å². The van der Waals surface area contributed by atoms with Crippen LogP contribution < -0.4 is 11.1 Å². The van der Waals surface area contributed by atoms with Gasteiger partial charge in [0.25, 0.3) is 0 Å². The Bertz CT molecular complexity index is 616. The first-order valence-electron chi connectivity index (χ1n) is 6.64. The van der Waals surface area contributed by atoms with Crippen molar-refractivity contribution < 1.29 is 0 Å². The van der Waals surface area contributed by atoms with Gasteiger partial charge in [-0.3, -0.25) is 0 Å². The van der Waals surface area contributed by atoms with E-state index in [1.54, 1.807) is 0 Å². The highest BCUT2D eigenvalue weighted by molar-refractivity contribution is 5.69. The predicted molar refractivity (Wildman–Crippen MR) is 81.1 cm³/mol. The van der Waals surface area contributed by atoms with E-state index in [1.807, 2.05) is 0 Å². The van der Waals surface area contributed by atoms with Crippen molar-refractivity contribution in [1.29, 1.82) is 0 Å². The van der Waals surface area contributed by atoms with Gasteiger partial charge < -0.3 is 11.1 Å². The lowest BCUT2D eigenvalue weighted by atomic mass is 9.83. The first kappa shape index (κ1) is 12.0. The van der Waals surface area contributed by atoms with Crippen LogP contribution in [0.25, 0.3) is 6.08 Å². The van der Waals surface area contributed by atoms with Crippen molar-refractivity contribution in [3.8, 4) is 0 Å². The number of nitrogens with one attached hydrogen (secondary N) is 1. The molecule has 3 N–H and O–H groups in total. The van der Waals surface area contributed by atoms with Gasteiger partial charge in [0.15, 0.2) is 0 Å². The van der Waals surface area contributed by atoms with Crippen LogP contribution in [0, 0.1) is 0 Å². The Kier molecular flexibility index (Phi) is 3.10. The molecule has 96 valence electrons. The summed E-state index contributed by atoms with van der Waals surface area (Å²) in [6.45, 7) is 0. The lowest BCUT2D eigenvalue weighted by Crippen LogP contribution is -2.14. The van der Waals surface area contributed by atoms with Gasteiger partial charge in [0, 0.05) is 11.6 Å². The van der Waals surface area contributed by atoms with E-state index in [2.05, 4.69) is 71.7 Å². The molecule has 0 bridgehead atoms. The Hall–Kier alpha value is -2.06. The molecule has 2 aromatic carbocycles. The van der Waals surface area contributed by atoms with Crippen LogP contribution in [-0.2, 0) is 0 Å². The van der Waals surface area contributed by atoms with Crippen molar-refractivity contribution in [1.82, 2.24) is 0 Å². The molecule has 1 aliphatic heterocycles. The minimum atomic E-state index is 0.411. The standard InChI is InChI=1S/C16H13N.CH5N/c1-2-6-12-11(5-1)9-10-14-13-7-3-4-8-15(13)17-16(12)14;1-2/h1-10,14,16-17H;2H2,1H3. The van der Waals surface area contributed by atoms with E-state index in [1.165, 1.54) is 29.4 Å². The van der Waals surface area contributed by atoms with Gasteiger partial charge in [-0.15, -0.1) is 0 Å². The van der Waals surface area contributed by atoms with Crippen molar-refractivity contribution in [2.45, 2.75) is 12.0 Å². The zero-order valence-corrected chi connectivity index (χ0v) is 11.0. The molecule has 0 radical (unpaired) electrons. The molecule has 2 heteroatoms. The van der Waals surface area contributed by atoms with Crippen LogP contribution in [0.3, 0.4) is 0 Å². The smallest absolute Gasteiger partial charge is 0.0623 e. The largest absolute Gasteiger partial charge is 0.377 e. The van der Waals surface area contributed by atoms with E-state index < -0.39 is 0 Å². The number of fused-ring (bicyclic) bond motifs is 5. The molecule has 0 spiro atoms. The monoisotopic (exact) mass is 250 g/mol. The van der Waals surface area contributed by atoms with Crippen LogP contribution in [-0.4, -0.2) is 7.05 Å². The molecule has 0 amide bonds. The van der Waals surface area contributed by atoms with Gasteiger partial charge in [-0.05, 0) is 29.8 Å². The minimum Gasteiger partial charge on any atom is -0.377 e. The van der Waals surface area contributed by atoms with Crippen LogP contribution in [0.2, 0.25) is 0 Å². The molecule has 1 heterocycles. The summed E-state index contributed by atoms with van der Waals surface area (Å²) < 4.78 is 0. The second-order valence-electron chi connectivity index (χ2n) is 4.72. The van der Waals surface area contributed by atoms with E-state index in [0.29, 0.717) is 12.0 Å². The van der Waals surface area contributed by atoms with Crippen LogP contribution in [0.1, 0.15) is 28.7 Å². The van der Waals surface area contributed by atoms with Crippen molar-refractivity contribution in [2.24, 2.45) is 5.73 Å². The summed E-state index contributed by atoms with van der Waals surface area (Å²) >= 11 is 0. The fourth-order valence-electron chi connectivity index (χ4n) is 3.00. The third-order valence-corrected chi connectivity index (χ3v) is 3.80. The maximum Gasteiger partial charge on any atom is 0.0623 e. The normalized spacial score (nSPS) is 21.4. The number of rotatable bonds is 0. The van der Waals surface area contributed by atoms with Gasteiger partial charge in [0.2, 0.25) is 0 Å². The summed E-state index contributed by atoms with van der Waals surface area (Å²) in [6.07, 6.45) is 4.58. The summed E-state index contributed by atoms with van der Waals surface area (Å²) in [5, 5.41) is 3.64. The van der Waals surface area contributed by atoms with E-state index in [9.17, 15) is 0 Å². The molecule has 2 nitrogen and oxygen atoms in total. The fraction of sp³-hybridized carbons (Fsp3) is 0.176. The highest BCUT2D eigenvalue weighted by Crippen LogP contribution is 2.48. The van der Waals surface area contributed by atoms with Crippen molar-refractivity contribution in [2.75, 3.05) is 12.4 Å². The van der Waals surface area contributed by atoms with Crippen molar-refractivity contribution >= 4 is 11.8 Å². The molecule has 1 aliphatic carbocycles. The minimum absolute atomic E-state index is 0.411. The summed E-state index contributed by atoms with van der Waals surface area (Å²) in [7, 11) is 1.50. The topological polar surface area (TPSA) is 38.0 Å². The highest BCUT2D eigenvalue weighted by Gasteiger charge is 2.33. The number of anilines is 1. The van der Waals surface area contributed by atoms with Crippen molar-refractivity contribution in [3.63, 3.8) is 0 Å². The Balaban J connectivity index is 0.000000528. The molecule has 2 unspecified atom stereocenters. The van der Waals surface area contributed by atoms with Gasteiger partial charge in [0.1, 0.15) is 0 Å². The van der Waals surface area contributed by atoms with Crippen LogP contribution in [0.15, 0.2) is 54.6 Å². The second-order valence-corrected chi connectivity index (χ2v) is 4.72. The lowest BCUT2D eigenvalue weighted by Gasteiger charge is -2.24. The van der Waals surface area contributed by atoms with E-state index in [-0.39, 0.29) is 0 Å². The van der Waals surface area contributed by atoms with Gasteiger partial charge in [-0.2, -0.15) is 0 Å². The Morgan fingerprint density at radius 1 is 0.895 bits per heavy atom. The lowest BCUT2D eigenvalue weighted by molar-refractivity contribution is 0.726. The Morgan fingerprint density at radius 2 is 1.58 bits per heavy atom. The molecular formula is C17H18N2. The first-order valence-corrected chi connectivity index (χ1v) is 6.64. The number of hydrogen-bond acceptors (Lipinski definition) is 2. The van der Waals surface area contributed by atoms with Gasteiger partial charge >= 0.3 is 0 Å². The molecule has 0 aromatic heterocycles. The van der Waals surface area contributed by atoms with E-state index >= 15 is 0 Å². The second kappa shape index (κ2) is 4.90. The maximum atomic E-state index is 4.50. The summed E-state index contributed by atoms with van der Waals surface area (Å²) in [5.74, 6) is 0.487. The average Bonchev–Trinajstić information content (AvgIpc) is 2.88. The van der Waals surface area contributed by atoms with Gasteiger partial charge in [-0.25, -0.2) is 0 Å². The van der Waals surface area contributed by atoms with Crippen molar-refractivity contribution in [3.05, 3.63) is 71.3 Å². The number of para-hydroxylation sites is 1. The van der Waals surface area contributed by atoms with E-state index in [0.717, 1.165) is 0 Å². The number of nitrogens with two attached hydrogens (primary N) is 1. The van der Waals surface area contributed by atoms with Gasteiger partial charge in [0.05, 0.1) is 6.04 Å². The predicted octanol–water partition coefficient (Wildman–Crippen LogP) is 3.54. The molecule has 2 aliphatic rings. The summed E-state index contributed by atoms with van der Waals surface area (Å²) in [6, 6.07) is 17.7. The molecule has 19 heavy (non-hydrogen) atoms. The maximum absolute atomic E-state index is 4.50. The molecule has 0 saturated heterocycles. The average molecular weight is 250 g/mol. The van der Waals surface area contributed by atoms with Crippen LogP contribution >= 0.6 is 0 Å². The SMILES string of the molecule is C1=CC2c3ccccc3NC2c2ccccc21.CN. The zero-order chi connectivity index (χ0) is 13.2.